The summed E-state index contributed by atoms with van der Waals surface area (Å²) in [6.07, 6.45) is 0. The minimum atomic E-state index is -1.11. The maximum absolute atomic E-state index is 9.89. The summed E-state index contributed by atoms with van der Waals surface area (Å²) >= 11 is 5.27. The zero-order valence-electron chi connectivity index (χ0n) is 6.59. The van der Waals surface area contributed by atoms with Crippen LogP contribution in [0.2, 0.25) is 0 Å². The number of hydrogen-bond acceptors (Lipinski definition) is 2. The molecule has 4 nitrogen and oxygen atoms in total. The van der Waals surface area contributed by atoms with Crippen LogP contribution in [-0.4, -0.2) is 27.0 Å². The van der Waals surface area contributed by atoms with Crippen molar-refractivity contribution in [2.75, 3.05) is 0 Å². The van der Waals surface area contributed by atoms with E-state index < -0.39 is 16.8 Å². The second-order valence-electron chi connectivity index (χ2n) is 2.30. The molecule has 0 unspecified atom stereocenters. The lowest BCUT2D eigenvalue weighted by molar-refractivity contribution is -0.139. The van der Waals surface area contributed by atoms with Gasteiger partial charge < -0.3 is 10.2 Å². The summed E-state index contributed by atoms with van der Waals surface area (Å²) in [5.74, 6) is -1.82. The summed E-state index contributed by atoms with van der Waals surface area (Å²) in [6, 6.07) is 0. The van der Waals surface area contributed by atoms with Crippen LogP contribution in [0, 0.1) is 0 Å². The molecule has 0 aromatic carbocycles. The summed E-state index contributed by atoms with van der Waals surface area (Å²) in [5, 5.41) is 15.5. The van der Waals surface area contributed by atoms with Crippen LogP contribution in [-0.2, 0) is 9.59 Å². The van der Waals surface area contributed by atoms with Crippen molar-refractivity contribution in [3.05, 3.63) is 0 Å². The Hall–Kier alpha value is -0.770. The number of carboxylic acid groups (broad SMARTS) is 2. The molecule has 0 saturated carbocycles. The fraction of sp³-hybridized carbons (Fsp3) is 0.667. The number of aliphatic carboxylic acids is 2. The average molecular weight is 183 g/mol. The number of hydrogen-bond donors (Lipinski definition) is 2. The molecule has 0 amide bonds. The zero-order chi connectivity index (χ0) is 9.65. The molecule has 11 heavy (non-hydrogen) atoms. The lowest BCUT2D eigenvalue weighted by Gasteiger charge is -2.05. The molecule has 0 saturated heterocycles. The van der Waals surface area contributed by atoms with E-state index >= 15 is 0 Å². The molecule has 2 N–H and O–H groups in total. The van der Waals surface area contributed by atoms with E-state index in [1.54, 1.807) is 0 Å². The molecule has 0 aliphatic heterocycles. The highest BCUT2D eigenvalue weighted by molar-refractivity contribution is 6.33. The van der Waals surface area contributed by atoms with E-state index in [-0.39, 0.29) is 0 Å². The fourth-order valence-electron chi connectivity index (χ4n) is 0. The Bertz CT molecular complexity index is 143. The first-order valence-corrected chi connectivity index (χ1v) is 3.17. The summed E-state index contributed by atoms with van der Waals surface area (Å²) in [4.78, 5) is 17.8. The van der Waals surface area contributed by atoms with Gasteiger partial charge in [0.15, 0.2) is 0 Å². The van der Waals surface area contributed by atoms with Gasteiger partial charge in [0.1, 0.15) is 4.87 Å². The van der Waals surface area contributed by atoms with Crippen LogP contribution >= 0.6 is 11.6 Å². The molecule has 0 aliphatic rings. The highest BCUT2D eigenvalue weighted by Gasteiger charge is 2.22. The number of carbonyl (C=O) groups is 2. The number of rotatable bonds is 1. The number of halogens is 1. The van der Waals surface area contributed by atoms with Crippen LogP contribution in [0.1, 0.15) is 20.8 Å². The number of alkyl halides is 1. The third-order valence-corrected chi connectivity index (χ3v) is 0.670. The van der Waals surface area contributed by atoms with Gasteiger partial charge >= 0.3 is 5.97 Å². The van der Waals surface area contributed by atoms with Crippen molar-refractivity contribution in [2.45, 2.75) is 25.6 Å². The lowest BCUT2D eigenvalue weighted by atomic mass is 10.2. The zero-order valence-corrected chi connectivity index (χ0v) is 7.34. The van der Waals surface area contributed by atoms with E-state index in [1.165, 1.54) is 13.8 Å². The van der Waals surface area contributed by atoms with Gasteiger partial charge in [-0.1, -0.05) is 0 Å². The Labute approximate surface area is 69.8 Å². The molecular weight excluding hydrogens is 172 g/mol. The Balaban J connectivity index is 0. The minimum Gasteiger partial charge on any atom is -0.481 e. The van der Waals surface area contributed by atoms with Gasteiger partial charge in [-0.05, 0) is 13.8 Å². The molecular formula is C6H11ClO4. The average Bonchev–Trinajstić information content (AvgIpc) is 1.59. The first-order chi connectivity index (χ1) is 4.68. The van der Waals surface area contributed by atoms with Gasteiger partial charge in [-0.2, -0.15) is 0 Å². The SMILES string of the molecule is CC(=O)O.CC(C)(Cl)C(=O)O. The normalized spacial score (nSPS) is 9.45. The topological polar surface area (TPSA) is 74.6 Å². The van der Waals surface area contributed by atoms with Crippen molar-refractivity contribution in [1.82, 2.24) is 0 Å². The molecule has 0 aromatic rings. The van der Waals surface area contributed by atoms with Crippen LogP contribution in [0.25, 0.3) is 0 Å². The van der Waals surface area contributed by atoms with Gasteiger partial charge in [0.05, 0.1) is 0 Å². The van der Waals surface area contributed by atoms with Gasteiger partial charge in [-0.25, -0.2) is 0 Å². The first-order valence-electron chi connectivity index (χ1n) is 2.79. The molecule has 5 heteroatoms. The smallest absolute Gasteiger partial charge is 0.324 e. The second-order valence-corrected chi connectivity index (χ2v) is 3.24. The molecule has 0 aliphatic carbocycles. The van der Waals surface area contributed by atoms with Gasteiger partial charge in [-0.3, -0.25) is 9.59 Å². The largest absolute Gasteiger partial charge is 0.481 e. The summed E-state index contributed by atoms with van der Waals surface area (Å²) in [7, 11) is 0. The highest BCUT2D eigenvalue weighted by atomic mass is 35.5. The van der Waals surface area contributed by atoms with Crippen molar-refractivity contribution in [2.24, 2.45) is 0 Å². The summed E-state index contributed by atoms with van der Waals surface area (Å²) in [6.45, 7) is 3.94. The highest BCUT2D eigenvalue weighted by Crippen LogP contribution is 2.10. The molecule has 0 spiro atoms. The van der Waals surface area contributed by atoms with Crippen molar-refractivity contribution in [1.29, 1.82) is 0 Å². The van der Waals surface area contributed by atoms with Crippen LogP contribution in [0.15, 0.2) is 0 Å². The Morgan fingerprint density at radius 2 is 1.36 bits per heavy atom. The molecule has 0 fully saturated rings. The third kappa shape index (κ3) is 17.6. The predicted molar refractivity (Wildman–Crippen MR) is 40.9 cm³/mol. The molecule has 0 rings (SSSR count). The van der Waals surface area contributed by atoms with Crippen LogP contribution in [0.3, 0.4) is 0 Å². The standard InChI is InChI=1S/C4H7ClO2.C2H4O2/c1-4(2,5)3(6)7;1-2(3)4/h1-2H3,(H,6,7);1H3,(H,3,4). The van der Waals surface area contributed by atoms with Gasteiger partial charge in [0.2, 0.25) is 0 Å². The van der Waals surface area contributed by atoms with Crippen LogP contribution in [0.5, 0.6) is 0 Å². The van der Waals surface area contributed by atoms with E-state index in [2.05, 4.69) is 0 Å². The third-order valence-electron chi connectivity index (χ3n) is 0.509. The number of carboxylic acids is 2. The monoisotopic (exact) mass is 182 g/mol. The first kappa shape index (κ1) is 12.9. The van der Waals surface area contributed by atoms with E-state index in [4.69, 9.17) is 26.6 Å². The Kier molecular flexibility index (Phi) is 5.80. The Morgan fingerprint density at radius 3 is 1.36 bits per heavy atom. The quantitative estimate of drug-likeness (QED) is 0.598. The predicted octanol–water partition coefficient (Wildman–Crippen LogP) is 1.18. The molecule has 0 heterocycles. The van der Waals surface area contributed by atoms with E-state index in [1.807, 2.05) is 0 Å². The van der Waals surface area contributed by atoms with Crippen molar-refractivity contribution >= 4 is 23.5 Å². The second kappa shape index (κ2) is 4.96. The summed E-state index contributed by atoms with van der Waals surface area (Å²) in [5.41, 5.74) is 0. The van der Waals surface area contributed by atoms with Gasteiger partial charge in [-0.15, -0.1) is 11.6 Å². The fourth-order valence-corrected chi connectivity index (χ4v) is 0. The Morgan fingerprint density at radius 1 is 1.27 bits per heavy atom. The maximum Gasteiger partial charge on any atom is 0.324 e. The summed E-state index contributed by atoms with van der Waals surface area (Å²) < 4.78 is 0. The van der Waals surface area contributed by atoms with Crippen LogP contribution in [0.4, 0.5) is 0 Å². The van der Waals surface area contributed by atoms with Crippen molar-refractivity contribution < 1.29 is 19.8 Å². The van der Waals surface area contributed by atoms with Gasteiger partial charge in [0, 0.05) is 6.92 Å². The maximum atomic E-state index is 9.89. The molecule has 0 radical (unpaired) electrons. The molecule has 0 aromatic heterocycles. The molecule has 66 valence electrons. The molecule has 0 atom stereocenters. The van der Waals surface area contributed by atoms with Crippen molar-refractivity contribution in [3.63, 3.8) is 0 Å². The lowest BCUT2D eigenvalue weighted by Crippen LogP contribution is -2.23. The van der Waals surface area contributed by atoms with Crippen molar-refractivity contribution in [3.8, 4) is 0 Å². The van der Waals surface area contributed by atoms with E-state index in [0.29, 0.717) is 0 Å². The van der Waals surface area contributed by atoms with E-state index in [9.17, 15) is 4.79 Å². The van der Waals surface area contributed by atoms with Gasteiger partial charge in [0.25, 0.3) is 5.97 Å². The molecule has 0 bridgehead atoms. The van der Waals surface area contributed by atoms with E-state index in [0.717, 1.165) is 6.92 Å². The van der Waals surface area contributed by atoms with Crippen LogP contribution < -0.4 is 0 Å². The minimum absolute atomic E-state index is 0.833.